The monoisotopic (exact) mass is 499 g/mol. The summed E-state index contributed by atoms with van der Waals surface area (Å²) < 4.78 is 7.18. The third kappa shape index (κ3) is 3.77. The maximum absolute atomic E-state index is 12.8. The zero-order chi connectivity index (χ0) is 26.1. The number of urea groups is 1. The Morgan fingerprint density at radius 1 is 1.11 bits per heavy atom. The van der Waals surface area contributed by atoms with Crippen LogP contribution in [0.25, 0.3) is 21.9 Å². The van der Waals surface area contributed by atoms with Crippen LogP contribution in [0.3, 0.4) is 0 Å². The van der Waals surface area contributed by atoms with Crippen molar-refractivity contribution in [2.24, 2.45) is 0 Å². The van der Waals surface area contributed by atoms with Gasteiger partial charge in [-0.3, -0.25) is 14.7 Å². The number of carbonyl (C=O) groups is 3. The molecule has 1 saturated heterocycles. The largest absolute Gasteiger partial charge is 0.443 e. The molecule has 3 amide bonds. The molecule has 6 rings (SSSR count). The van der Waals surface area contributed by atoms with Crippen LogP contribution < -0.4 is 5.32 Å². The Bertz CT molecular complexity index is 1560. The summed E-state index contributed by atoms with van der Waals surface area (Å²) in [6.45, 7) is 5.57. The molecule has 1 spiro atoms. The van der Waals surface area contributed by atoms with E-state index in [0.29, 0.717) is 25.7 Å². The highest BCUT2D eigenvalue weighted by Crippen LogP contribution is 2.38. The summed E-state index contributed by atoms with van der Waals surface area (Å²) in [6, 6.07) is 11.6. The molecule has 0 saturated carbocycles. The molecule has 2 aromatic heterocycles. The summed E-state index contributed by atoms with van der Waals surface area (Å²) in [5.41, 5.74) is 4.30. The van der Waals surface area contributed by atoms with Gasteiger partial charge in [-0.05, 0) is 62.1 Å². The number of nitrogens with zero attached hydrogens (tertiary/aromatic N) is 3. The third-order valence-electron chi connectivity index (χ3n) is 7.42. The van der Waals surface area contributed by atoms with Crippen LogP contribution in [0.2, 0.25) is 0 Å². The Labute approximate surface area is 213 Å². The molecule has 190 valence electrons. The van der Waals surface area contributed by atoms with Crippen molar-refractivity contribution in [2.45, 2.75) is 57.6 Å². The second-order valence-corrected chi connectivity index (χ2v) is 11.0. The number of aromatic nitrogens is 3. The number of imidazole rings is 1. The van der Waals surface area contributed by atoms with Crippen LogP contribution >= 0.6 is 0 Å². The molecule has 1 aliphatic carbocycles. The lowest BCUT2D eigenvalue weighted by Gasteiger charge is -2.27. The number of para-hydroxylation sites is 1. The maximum Gasteiger partial charge on any atom is 0.419 e. The first-order valence-electron chi connectivity index (χ1n) is 12.5. The predicted molar refractivity (Wildman–Crippen MR) is 139 cm³/mol. The first-order chi connectivity index (χ1) is 17.5. The Morgan fingerprint density at radius 2 is 1.84 bits per heavy atom. The summed E-state index contributed by atoms with van der Waals surface area (Å²) in [6.07, 6.45) is 3.81. The molecule has 2 aliphatic rings. The SMILES string of the molecule is CN1C(=O)NC(=O)C12Cc1cc3nc(CCc4cn(C(=O)OC(C)(C)C)c5ccccc45)[nH]c3cc1C2. The van der Waals surface area contributed by atoms with E-state index in [0.717, 1.165) is 44.5 Å². The van der Waals surface area contributed by atoms with Crippen molar-refractivity contribution < 1.29 is 19.1 Å². The summed E-state index contributed by atoms with van der Waals surface area (Å²) in [7, 11) is 1.67. The molecule has 1 atom stereocenters. The average molecular weight is 500 g/mol. The number of likely N-dealkylation sites (N-methyl/N-ethyl adjacent to an activating group) is 1. The van der Waals surface area contributed by atoms with Crippen molar-refractivity contribution in [3.05, 3.63) is 65.1 Å². The number of imide groups is 1. The van der Waals surface area contributed by atoms with E-state index in [2.05, 4.69) is 10.3 Å². The van der Waals surface area contributed by atoms with Gasteiger partial charge in [0.2, 0.25) is 0 Å². The number of ether oxygens (including phenoxy) is 1. The van der Waals surface area contributed by atoms with E-state index >= 15 is 0 Å². The van der Waals surface area contributed by atoms with Gasteiger partial charge in [-0.15, -0.1) is 0 Å². The normalized spacial score (nSPS) is 16.7. The molecule has 2 N–H and O–H groups in total. The van der Waals surface area contributed by atoms with Gasteiger partial charge in [0.1, 0.15) is 17.0 Å². The number of benzene rings is 2. The highest BCUT2D eigenvalue weighted by molar-refractivity contribution is 6.07. The summed E-state index contributed by atoms with van der Waals surface area (Å²) in [5, 5.41) is 3.45. The van der Waals surface area contributed by atoms with Crippen molar-refractivity contribution in [1.82, 2.24) is 24.8 Å². The van der Waals surface area contributed by atoms with Crippen LogP contribution in [0.5, 0.6) is 0 Å². The molecular weight excluding hydrogens is 470 g/mol. The van der Waals surface area contributed by atoms with Crippen LogP contribution in [-0.2, 0) is 35.2 Å². The number of aryl methyl sites for hydroxylation is 2. The van der Waals surface area contributed by atoms with Crippen molar-refractivity contribution in [2.75, 3.05) is 7.05 Å². The van der Waals surface area contributed by atoms with Gasteiger partial charge in [0.25, 0.3) is 5.91 Å². The molecule has 3 heterocycles. The lowest BCUT2D eigenvalue weighted by molar-refractivity contribution is -0.125. The van der Waals surface area contributed by atoms with Crippen molar-refractivity contribution in [1.29, 1.82) is 0 Å². The second-order valence-electron chi connectivity index (χ2n) is 11.0. The summed E-state index contributed by atoms with van der Waals surface area (Å²) >= 11 is 0. The molecule has 0 bridgehead atoms. The molecule has 2 aromatic carbocycles. The van der Waals surface area contributed by atoms with Gasteiger partial charge in [-0.1, -0.05) is 18.2 Å². The number of amides is 3. The molecular formula is C28H29N5O4. The van der Waals surface area contributed by atoms with Gasteiger partial charge in [-0.2, -0.15) is 0 Å². The molecule has 37 heavy (non-hydrogen) atoms. The van der Waals surface area contributed by atoms with E-state index in [-0.39, 0.29) is 11.9 Å². The first-order valence-corrected chi connectivity index (χ1v) is 12.5. The Balaban J connectivity index is 1.24. The van der Waals surface area contributed by atoms with Crippen LogP contribution in [0.1, 0.15) is 43.3 Å². The zero-order valence-electron chi connectivity index (χ0n) is 21.3. The second kappa shape index (κ2) is 7.93. The predicted octanol–water partition coefficient (Wildman–Crippen LogP) is 4.11. The number of nitrogens with one attached hydrogen (secondary N) is 2. The smallest absolute Gasteiger partial charge is 0.419 e. The quantitative estimate of drug-likeness (QED) is 0.413. The molecule has 1 fully saturated rings. The molecule has 9 nitrogen and oxygen atoms in total. The Hall–Kier alpha value is -4.14. The van der Waals surface area contributed by atoms with E-state index < -0.39 is 17.2 Å². The number of fused-ring (bicyclic) bond motifs is 3. The van der Waals surface area contributed by atoms with Gasteiger partial charge in [0.15, 0.2) is 0 Å². The van der Waals surface area contributed by atoms with Crippen molar-refractivity contribution >= 4 is 40.0 Å². The molecule has 0 radical (unpaired) electrons. The van der Waals surface area contributed by atoms with Gasteiger partial charge < -0.3 is 14.6 Å². The number of hydrogen-bond donors (Lipinski definition) is 2. The highest BCUT2D eigenvalue weighted by atomic mass is 16.6. The minimum Gasteiger partial charge on any atom is -0.443 e. The number of carbonyl (C=O) groups excluding carboxylic acids is 3. The summed E-state index contributed by atoms with van der Waals surface area (Å²) in [5.74, 6) is 0.618. The fourth-order valence-corrected chi connectivity index (χ4v) is 5.54. The van der Waals surface area contributed by atoms with Crippen molar-refractivity contribution in [3.8, 4) is 0 Å². The minimum atomic E-state index is -0.844. The minimum absolute atomic E-state index is 0.237. The van der Waals surface area contributed by atoms with E-state index in [1.807, 2.05) is 63.4 Å². The number of hydrogen-bond acceptors (Lipinski definition) is 5. The van der Waals surface area contributed by atoms with Crippen molar-refractivity contribution in [3.63, 3.8) is 0 Å². The molecule has 9 heteroatoms. The van der Waals surface area contributed by atoms with Crippen LogP contribution in [-0.4, -0.2) is 55.7 Å². The lowest BCUT2D eigenvalue weighted by atomic mass is 9.95. The summed E-state index contributed by atoms with van der Waals surface area (Å²) in [4.78, 5) is 47.2. The van der Waals surface area contributed by atoms with E-state index in [9.17, 15) is 14.4 Å². The van der Waals surface area contributed by atoms with Gasteiger partial charge >= 0.3 is 12.1 Å². The third-order valence-corrected chi connectivity index (χ3v) is 7.42. The highest BCUT2D eigenvalue weighted by Gasteiger charge is 2.54. The fourth-order valence-electron chi connectivity index (χ4n) is 5.54. The Kier molecular flexibility index (Phi) is 4.99. The van der Waals surface area contributed by atoms with Gasteiger partial charge in [0, 0.05) is 37.9 Å². The van der Waals surface area contributed by atoms with Crippen LogP contribution in [0.15, 0.2) is 42.6 Å². The lowest BCUT2D eigenvalue weighted by Crippen LogP contribution is -2.48. The molecule has 1 aliphatic heterocycles. The van der Waals surface area contributed by atoms with E-state index in [1.54, 1.807) is 11.6 Å². The number of aromatic amines is 1. The Morgan fingerprint density at radius 3 is 2.54 bits per heavy atom. The van der Waals surface area contributed by atoms with Crippen LogP contribution in [0, 0.1) is 0 Å². The van der Waals surface area contributed by atoms with E-state index in [4.69, 9.17) is 9.72 Å². The topological polar surface area (TPSA) is 109 Å². The molecule has 4 aromatic rings. The standard InChI is InChI=1S/C28H29N5O4/c1-27(2,3)37-26(36)33-15-16(19-7-5-6-8-22(19)33)9-10-23-29-20-11-17-13-28(14-18(17)12-21(20)30-23)24(34)31-25(35)32(28)4/h5-8,11-12,15H,9-10,13-14H2,1-4H3,(H,29,30)(H,31,34,35). The maximum atomic E-state index is 12.8. The number of H-pyrrole nitrogens is 1. The van der Waals surface area contributed by atoms with E-state index in [1.165, 1.54) is 4.90 Å². The zero-order valence-corrected chi connectivity index (χ0v) is 21.3. The molecule has 1 unspecified atom stereocenters. The van der Waals surface area contributed by atoms with Gasteiger partial charge in [-0.25, -0.2) is 14.6 Å². The van der Waals surface area contributed by atoms with Crippen LogP contribution in [0.4, 0.5) is 9.59 Å². The van der Waals surface area contributed by atoms with Gasteiger partial charge in [0.05, 0.1) is 16.6 Å². The first kappa shape index (κ1) is 23.3. The fraction of sp³-hybridized carbons (Fsp3) is 0.357. The average Bonchev–Trinajstić information content (AvgIpc) is 3.55. The number of rotatable bonds is 3.